The number of carbonyl (C=O) groups is 1. The lowest BCUT2D eigenvalue weighted by Gasteiger charge is -2.11. The van der Waals surface area contributed by atoms with Gasteiger partial charge in [0.25, 0.3) is 11.6 Å². The maximum atomic E-state index is 12.8. The molecule has 3 aromatic rings. The number of hydrogen-bond donors (Lipinski definition) is 0. The van der Waals surface area contributed by atoms with E-state index in [9.17, 15) is 14.9 Å². The summed E-state index contributed by atoms with van der Waals surface area (Å²) in [6, 6.07) is 9.49. The van der Waals surface area contributed by atoms with Crippen molar-refractivity contribution in [2.45, 2.75) is 20.4 Å². The van der Waals surface area contributed by atoms with Gasteiger partial charge in [0.1, 0.15) is 0 Å². The highest BCUT2D eigenvalue weighted by atomic mass is 32.1. The van der Waals surface area contributed by atoms with Crippen LogP contribution in [0.4, 0.5) is 5.69 Å². The standard InChI is InChI=1S/C21H21N3O5S/c1-4-11-23-16-9-8-15(24(26)27)13-19(16)30-21(23)22-20(25)14-7-10-17(28-5-2)18(12-14)29-6-3/h4,7-10,12-13H,1,5-6,11H2,2-3H3. The molecule has 0 unspecified atom stereocenters. The molecule has 0 saturated carbocycles. The van der Waals surface area contributed by atoms with Gasteiger partial charge in [0.2, 0.25) is 0 Å². The molecule has 156 valence electrons. The van der Waals surface area contributed by atoms with Crippen molar-refractivity contribution in [1.82, 2.24) is 4.57 Å². The summed E-state index contributed by atoms with van der Waals surface area (Å²) < 4.78 is 13.6. The molecule has 0 N–H and O–H groups in total. The van der Waals surface area contributed by atoms with E-state index in [1.807, 2.05) is 13.8 Å². The maximum Gasteiger partial charge on any atom is 0.279 e. The first-order valence-corrected chi connectivity index (χ1v) is 10.2. The van der Waals surface area contributed by atoms with Crippen molar-refractivity contribution in [1.29, 1.82) is 0 Å². The number of fused-ring (bicyclic) bond motifs is 1. The van der Waals surface area contributed by atoms with Crippen molar-refractivity contribution in [3.8, 4) is 11.5 Å². The molecule has 0 saturated heterocycles. The SMILES string of the molecule is C=CCn1c(=NC(=O)c2ccc(OCC)c(OCC)c2)sc2cc([N+](=O)[O-])ccc21. The molecular weight excluding hydrogens is 406 g/mol. The monoisotopic (exact) mass is 427 g/mol. The number of nitro groups is 1. The first-order valence-electron chi connectivity index (χ1n) is 9.35. The normalized spacial score (nSPS) is 11.5. The van der Waals surface area contributed by atoms with E-state index in [1.54, 1.807) is 34.9 Å². The summed E-state index contributed by atoms with van der Waals surface area (Å²) in [4.78, 5) is 28.2. The largest absolute Gasteiger partial charge is 0.490 e. The maximum absolute atomic E-state index is 12.8. The molecule has 0 bridgehead atoms. The topological polar surface area (TPSA) is 96.0 Å². The Kier molecular flexibility index (Phi) is 6.63. The van der Waals surface area contributed by atoms with Gasteiger partial charge in [-0.15, -0.1) is 6.58 Å². The highest BCUT2D eigenvalue weighted by Gasteiger charge is 2.14. The molecule has 9 heteroatoms. The molecule has 0 fully saturated rings. The zero-order chi connectivity index (χ0) is 21.7. The van der Waals surface area contributed by atoms with E-state index in [0.29, 0.717) is 46.3 Å². The average Bonchev–Trinajstić information content (AvgIpc) is 3.06. The number of non-ortho nitro benzene ring substituents is 1. The van der Waals surface area contributed by atoms with Gasteiger partial charge in [-0.05, 0) is 38.1 Å². The van der Waals surface area contributed by atoms with Crippen LogP contribution in [0.1, 0.15) is 24.2 Å². The van der Waals surface area contributed by atoms with Crippen LogP contribution in [-0.2, 0) is 6.54 Å². The summed E-state index contributed by atoms with van der Waals surface area (Å²) in [5.74, 6) is 0.594. The number of rotatable bonds is 8. The smallest absolute Gasteiger partial charge is 0.279 e. The Morgan fingerprint density at radius 2 is 1.93 bits per heavy atom. The molecule has 2 aromatic carbocycles. The first kappa shape index (κ1) is 21.3. The van der Waals surface area contributed by atoms with E-state index < -0.39 is 10.8 Å². The zero-order valence-corrected chi connectivity index (χ0v) is 17.5. The van der Waals surface area contributed by atoms with Crippen LogP contribution >= 0.6 is 11.3 Å². The Labute approximate surface area is 176 Å². The van der Waals surface area contributed by atoms with Crippen LogP contribution < -0.4 is 14.3 Å². The van der Waals surface area contributed by atoms with Gasteiger partial charge in [0, 0.05) is 24.2 Å². The lowest BCUT2D eigenvalue weighted by molar-refractivity contribution is -0.384. The summed E-state index contributed by atoms with van der Waals surface area (Å²) in [6.45, 7) is 8.79. The predicted molar refractivity (Wildman–Crippen MR) is 115 cm³/mol. The van der Waals surface area contributed by atoms with E-state index in [-0.39, 0.29) is 5.69 Å². The Hall–Kier alpha value is -3.46. The number of benzene rings is 2. The molecule has 1 amide bonds. The van der Waals surface area contributed by atoms with E-state index in [2.05, 4.69) is 11.6 Å². The van der Waals surface area contributed by atoms with E-state index in [4.69, 9.17) is 9.47 Å². The number of hydrogen-bond acceptors (Lipinski definition) is 6. The van der Waals surface area contributed by atoms with Crippen LogP contribution in [0.3, 0.4) is 0 Å². The van der Waals surface area contributed by atoms with Gasteiger partial charge in [0.05, 0.1) is 28.4 Å². The predicted octanol–water partition coefficient (Wildman–Crippen LogP) is 4.34. The summed E-state index contributed by atoms with van der Waals surface area (Å²) in [7, 11) is 0. The third-order valence-corrected chi connectivity index (χ3v) is 5.22. The number of carbonyl (C=O) groups excluding carboxylic acids is 1. The summed E-state index contributed by atoms with van der Waals surface area (Å²) in [5.41, 5.74) is 1.09. The van der Waals surface area contributed by atoms with Gasteiger partial charge in [0.15, 0.2) is 16.3 Å². The molecule has 0 radical (unpaired) electrons. The molecule has 0 aliphatic rings. The van der Waals surface area contributed by atoms with Crippen molar-refractivity contribution in [2.24, 2.45) is 4.99 Å². The molecule has 1 aromatic heterocycles. The molecule has 8 nitrogen and oxygen atoms in total. The van der Waals surface area contributed by atoms with Gasteiger partial charge in [-0.25, -0.2) is 0 Å². The van der Waals surface area contributed by atoms with Crippen LogP contribution in [0.25, 0.3) is 10.2 Å². The minimum Gasteiger partial charge on any atom is -0.490 e. The Morgan fingerprint density at radius 1 is 1.20 bits per heavy atom. The van der Waals surface area contributed by atoms with Gasteiger partial charge in [-0.3, -0.25) is 14.9 Å². The first-order chi connectivity index (χ1) is 14.5. The number of thiazole rings is 1. The van der Waals surface area contributed by atoms with Crippen molar-refractivity contribution in [3.63, 3.8) is 0 Å². The Morgan fingerprint density at radius 3 is 2.60 bits per heavy atom. The summed E-state index contributed by atoms with van der Waals surface area (Å²) in [6.07, 6.45) is 1.68. The van der Waals surface area contributed by atoms with Crippen molar-refractivity contribution >= 4 is 33.1 Å². The number of amides is 1. The molecular formula is C21H21N3O5S. The van der Waals surface area contributed by atoms with Gasteiger partial charge >= 0.3 is 0 Å². The van der Waals surface area contributed by atoms with Crippen LogP contribution in [0.15, 0.2) is 54.0 Å². The number of nitro benzene ring substituents is 1. The van der Waals surface area contributed by atoms with Crippen LogP contribution in [0.5, 0.6) is 11.5 Å². The van der Waals surface area contributed by atoms with Gasteiger partial charge in [-0.1, -0.05) is 17.4 Å². The van der Waals surface area contributed by atoms with E-state index in [0.717, 1.165) is 5.52 Å². The molecule has 0 aliphatic heterocycles. The van der Waals surface area contributed by atoms with E-state index >= 15 is 0 Å². The van der Waals surface area contributed by atoms with Gasteiger partial charge < -0.3 is 14.0 Å². The minimum atomic E-state index is -0.450. The van der Waals surface area contributed by atoms with Crippen LogP contribution in [0, 0.1) is 10.1 Å². The highest BCUT2D eigenvalue weighted by Crippen LogP contribution is 2.29. The summed E-state index contributed by atoms with van der Waals surface area (Å²) >= 11 is 1.21. The zero-order valence-electron chi connectivity index (χ0n) is 16.7. The number of ether oxygens (including phenoxy) is 2. The second-order valence-corrected chi connectivity index (χ2v) is 7.15. The number of nitrogens with zero attached hydrogens (tertiary/aromatic N) is 3. The summed E-state index contributed by atoms with van der Waals surface area (Å²) in [5, 5.41) is 11.1. The molecule has 0 aliphatic carbocycles. The fourth-order valence-corrected chi connectivity index (χ4v) is 3.97. The second-order valence-electron chi connectivity index (χ2n) is 6.14. The Balaban J connectivity index is 2.08. The molecule has 3 rings (SSSR count). The Bertz CT molecular complexity index is 1180. The minimum absolute atomic E-state index is 0.0137. The van der Waals surface area contributed by atoms with Crippen molar-refractivity contribution in [3.05, 3.63) is 69.5 Å². The van der Waals surface area contributed by atoms with Crippen LogP contribution in [-0.4, -0.2) is 28.6 Å². The quantitative estimate of drug-likeness (QED) is 0.303. The highest BCUT2D eigenvalue weighted by molar-refractivity contribution is 7.16. The third-order valence-electron chi connectivity index (χ3n) is 4.18. The number of allylic oxidation sites excluding steroid dienone is 1. The van der Waals surface area contributed by atoms with Gasteiger partial charge in [-0.2, -0.15) is 4.99 Å². The van der Waals surface area contributed by atoms with Crippen LogP contribution in [0.2, 0.25) is 0 Å². The molecule has 0 atom stereocenters. The lowest BCUT2D eigenvalue weighted by atomic mass is 10.2. The van der Waals surface area contributed by atoms with Crippen molar-refractivity contribution < 1.29 is 19.2 Å². The fourth-order valence-electron chi connectivity index (χ4n) is 2.90. The number of aromatic nitrogens is 1. The fraction of sp³-hybridized carbons (Fsp3) is 0.238. The molecule has 30 heavy (non-hydrogen) atoms. The molecule has 0 spiro atoms. The molecule has 1 heterocycles. The lowest BCUT2D eigenvalue weighted by Crippen LogP contribution is -2.16. The average molecular weight is 427 g/mol. The van der Waals surface area contributed by atoms with Crippen molar-refractivity contribution in [2.75, 3.05) is 13.2 Å². The second kappa shape index (κ2) is 9.36. The third kappa shape index (κ3) is 4.41. The van der Waals surface area contributed by atoms with E-state index in [1.165, 1.54) is 23.5 Å².